The number of hydrogen-bond acceptors (Lipinski definition) is 4. The van der Waals surface area contributed by atoms with Gasteiger partial charge in [-0.05, 0) is 46.1 Å². The third-order valence-electron chi connectivity index (χ3n) is 4.97. The van der Waals surface area contributed by atoms with Gasteiger partial charge in [-0.1, -0.05) is 0 Å². The van der Waals surface area contributed by atoms with Crippen LogP contribution in [0.15, 0.2) is 4.42 Å². The van der Waals surface area contributed by atoms with Gasteiger partial charge < -0.3 is 9.32 Å². The standard InChI is InChI=1S/C16H25N3O2/c1-11-12(2)21-16(17-11)10-18-8-4-6-14(18)15-7-5-9-19(15)13(3)20/h14-15H,4-10H2,1-3H3/t14-,15+/m1/s1. The fraction of sp³-hybridized carbons (Fsp3) is 0.750. The van der Waals surface area contributed by atoms with Crippen LogP contribution < -0.4 is 0 Å². The van der Waals surface area contributed by atoms with Crippen LogP contribution in [0.3, 0.4) is 0 Å². The molecular weight excluding hydrogens is 266 g/mol. The molecule has 0 saturated carbocycles. The third kappa shape index (κ3) is 2.84. The molecule has 0 spiro atoms. The molecular formula is C16H25N3O2. The maximum absolute atomic E-state index is 11.8. The Kier molecular flexibility index (Phi) is 4.02. The van der Waals surface area contributed by atoms with Gasteiger partial charge in [0, 0.05) is 25.6 Å². The van der Waals surface area contributed by atoms with Gasteiger partial charge in [0.15, 0.2) is 0 Å². The van der Waals surface area contributed by atoms with E-state index in [9.17, 15) is 4.79 Å². The second-order valence-corrected chi connectivity index (χ2v) is 6.35. The Morgan fingerprint density at radius 2 is 1.95 bits per heavy atom. The van der Waals surface area contributed by atoms with Crippen molar-refractivity contribution in [1.29, 1.82) is 0 Å². The minimum Gasteiger partial charge on any atom is -0.444 e. The summed E-state index contributed by atoms with van der Waals surface area (Å²) < 4.78 is 5.73. The van der Waals surface area contributed by atoms with Gasteiger partial charge in [0.25, 0.3) is 0 Å². The lowest BCUT2D eigenvalue weighted by Gasteiger charge is -2.34. The van der Waals surface area contributed by atoms with Gasteiger partial charge in [-0.15, -0.1) is 0 Å². The molecule has 0 aromatic carbocycles. The molecule has 2 saturated heterocycles. The summed E-state index contributed by atoms with van der Waals surface area (Å²) in [6.45, 7) is 8.40. The molecule has 3 heterocycles. The van der Waals surface area contributed by atoms with Gasteiger partial charge in [-0.25, -0.2) is 4.98 Å². The Morgan fingerprint density at radius 1 is 1.24 bits per heavy atom. The average molecular weight is 291 g/mol. The summed E-state index contributed by atoms with van der Waals surface area (Å²) in [4.78, 5) is 20.8. The first-order valence-corrected chi connectivity index (χ1v) is 8.00. The van der Waals surface area contributed by atoms with E-state index >= 15 is 0 Å². The Balaban J connectivity index is 1.71. The molecule has 1 amide bonds. The molecule has 3 rings (SSSR count). The maximum Gasteiger partial charge on any atom is 0.219 e. The molecule has 0 bridgehead atoms. The number of oxazole rings is 1. The van der Waals surface area contributed by atoms with E-state index in [1.165, 1.54) is 12.8 Å². The van der Waals surface area contributed by atoms with E-state index in [4.69, 9.17) is 4.42 Å². The zero-order valence-corrected chi connectivity index (χ0v) is 13.3. The number of aromatic nitrogens is 1. The van der Waals surface area contributed by atoms with E-state index in [0.717, 1.165) is 49.8 Å². The van der Waals surface area contributed by atoms with E-state index in [2.05, 4.69) is 14.8 Å². The van der Waals surface area contributed by atoms with Crippen molar-refractivity contribution in [3.05, 3.63) is 17.3 Å². The van der Waals surface area contributed by atoms with Gasteiger partial charge in [-0.2, -0.15) is 0 Å². The number of aryl methyl sites for hydroxylation is 2. The van der Waals surface area contributed by atoms with E-state index in [1.54, 1.807) is 6.92 Å². The van der Waals surface area contributed by atoms with E-state index in [1.807, 2.05) is 13.8 Å². The highest BCUT2D eigenvalue weighted by atomic mass is 16.4. The summed E-state index contributed by atoms with van der Waals surface area (Å²) in [7, 11) is 0. The van der Waals surface area contributed by atoms with Crippen molar-refractivity contribution in [2.24, 2.45) is 0 Å². The lowest BCUT2D eigenvalue weighted by atomic mass is 10.0. The van der Waals surface area contributed by atoms with Crippen LogP contribution in [-0.2, 0) is 11.3 Å². The lowest BCUT2D eigenvalue weighted by Crippen LogP contribution is -2.47. The van der Waals surface area contributed by atoms with Crippen LogP contribution in [0.25, 0.3) is 0 Å². The first kappa shape index (κ1) is 14.6. The number of nitrogens with zero attached hydrogens (tertiary/aromatic N) is 3. The number of carbonyl (C=O) groups is 1. The lowest BCUT2D eigenvalue weighted by molar-refractivity contribution is -0.130. The van der Waals surface area contributed by atoms with Crippen LogP contribution in [-0.4, -0.2) is 45.9 Å². The van der Waals surface area contributed by atoms with Crippen molar-refractivity contribution in [2.75, 3.05) is 13.1 Å². The largest absolute Gasteiger partial charge is 0.444 e. The molecule has 0 aliphatic carbocycles. The Morgan fingerprint density at radius 3 is 2.62 bits per heavy atom. The summed E-state index contributed by atoms with van der Waals surface area (Å²) >= 11 is 0. The molecule has 5 nitrogen and oxygen atoms in total. The SMILES string of the molecule is CC(=O)N1CCC[C@H]1[C@H]1CCCN1Cc1nc(C)c(C)o1. The molecule has 2 atom stereocenters. The molecule has 1 aromatic heterocycles. The van der Waals surface area contributed by atoms with Crippen molar-refractivity contribution in [3.8, 4) is 0 Å². The molecule has 5 heteroatoms. The minimum absolute atomic E-state index is 0.215. The number of likely N-dealkylation sites (tertiary alicyclic amines) is 2. The average Bonchev–Trinajstić information content (AvgIpc) is 3.10. The van der Waals surface area contributed by atoms with E-state index in [0.29, 0.717) is 12.1 Å². The smallest absolute Gasteiger partial charge is 0.219 e. The molecule has 2 fully saturated rings. The summed E-state index contributed by atoms with van der Waals surface area (Å²) in [5.41, 5.74) is 0.979. The molecule has 21 heavy (non-hydrogen) atoms. The quantitative estimate of drug-likeness (QED) is 0.857. The molecule has 1 aromatic rings. The first-order valence-electron chi connectivity index (χ1n) is 8.00. The minimum atomic E-state index is 0.215. The van der Waals surface area contributed by atoms with Crippen LogP contribution in [0, 0.1) is 13.8 Å². The van der Waals surface area contributed by atoms with E-state index < -0.39 is 0 Å². The van der Waals surface area contributed by atoms with Gasteiger partial charge in [-0.3, -0.25) is 9.69 Å². The number of rotatable bonds is 3. The number of amides is 1. The second-order valence-electron chi connectivity index (χ2n) is 6.35. The first-order chi connectivity index (χ1) is 10.1. The Bertz CT molecular complexity index is 506. The Hall–Kier alpha value is -1.36. The van der Waals surface area contributed by atoms with Crippen molar-refractivity contribution in [1.82, 2.24) is 14.8 Å². The maximum atomic E-state index is 11.8. The van der Waals surface area contributed by atoms with Crippen molar-refractivity contribution in [2.45, 2.75) is 65.1 Å². The molecule has 116 valence electrons. The number of hydrogen-bond donors (Lipinski definition) is 0. The summed E-state index contributed by atoms with van der Waals surface area (Å²) in [5.74, 6) is 1.93. The zero-order chi connectivity index (χ0) is 15.0. The van der Waals surface area contributed by atoms with Gasteiger partial charge in [0.05, 0.1) is 12.2 Å². The molecule has 0 N–H and O–H groups in total. The predicted octanol–water partition coefficient (Wildman–Crippen LogP) is 2.27. The normalized spacial score (nSPS) is 26.7. The van der Waals surface area contributed by atoms with Crippen LogP contribution in [0.5, 0.6) is 0 Å². The van der Waals surface area contributed by atoms with Gasteiger partial charge >= 0.3 is 0 Å². The summed E-state index contributed by atoms with van der Waals surface area (Å²) in [6.07, 6.45) is 4.63. The highest BCUT2D eigenvalue weighted by molar-refractivity contribution is 5.74. The van der Waals surface area contributed by atoms with Crippen LogP contribution in [0.4, 0.5) is 0 Å². The number of carbonyl (C=O) groups excluding carboxylic acids is 1. The summed E-state index contributed by atoms with van der Waals surface area (Å²) in [6, 6.07) is 0.839. The molecule has 2 aliphatic heterocycles. The van der Waals surface area contributed by atoms with Crippen LogP contribution >= 0.6 is 0 Å². The third-order valence-corrected chi connectivity index (χ3v) is 4.97. The van der Waals surface area contributed by atoms with Crippen LogP contribution in [0.2, 0.25) is 0 Å². The topological polar surface area (TPSA) is 49.6 Å². The summed E-state index contributed by atoms with van der Waals surface area (Å²) in [5, 5.41) is 0. The Labute approximate surface area is 126 Å². The van der Waals surface area contributed by atoms with Crippen molar-refractivity contribution < 1.29 is 9.21 Å². The zero-order valence-electron chi connectivity index (χ0n) is 13.3. The fourth-order valence-corrected chi connectivity index (χ4v) is 3.85. The highest BCUT2D eigenvalue weighted by Gasteiger charge is 2.39. The molecule has 0 unspecified atom stereocenters. The van der Waals surface area contributed by atoms with Gasteiger partial charge in [0.2, 0.25) is 11.8 Å². The van der Waals surface area contributed by atoms with Crippen molar-refractivity contribution >= 4 is 5.91 Å². The van der Waals surface area contributed by atoms with Gasteiger partial charge in [0.1, 0.15) is 5.76 Å². The molecule has 0 radical (unpaired) electrons. The van der Waals surface area contributed by atoms with Crippen LogP contribution in [0.1, 0.15) is 50.0 Å². The highest BCUT2D eigenvalue weighted by Crippen LogP contribution is 2.31. The fourth-order valence-electron chi connectivity index (χ4n) is 3.85. The monoisotopic (exact) mass is 291 g/mol. The van der Waals surface area contributed by atoms with Crippen molar-refractivity contribution in [3.63, 3.8) is 0 Å². The predicted molar refractivity (Wildman–Crippen MR) is 79.8 cm³/mol. The van der Waals surface area contributed by atoms with E-state index in [-0.39, 0.29) is 5.91 Å². The second kappa shape index (κ2) is 5.79. The molecule has 2 aliphatic rings.